The quantitative estimate of drug-likeness (QED) is 0.639. The first kappa shape index (κ1) is 12.9. The van der Waals surface area contributed by atoms with Crippen LogP contribution in [-0.4, -0.2) is 17.5 Å². The number of thioether (sulfide) groups is 1. The summed E-state index contributed by atoms with van der Waals surface area (Å²) in [5, 5.41) is 0. The molecule has 2 atom stereocenters. The second-order valence-electron chi connectivity index (χ2n) is 4.67. The molecule has 0 aliphatic carbocycles. The second-order valence-corrected chi connectivity index (χ2v) is 5.82. The molecule has 3 N–H and O–H groups in total. The van der Waals surface area contributed by atoms with E-state index in [1.165, 1.54) is 29.6 Å². The summed E-state index contributed by atoms with van der Waals surface area (Å²) in [6.07, 6.45) is 2.10. The third kappa shape index (κ3) is 3.21. The Balaban J connectivity index is 2.06. The van der Waals surface area contributed by atoms with Gasteiger partial charge in [-0.15, -0.1) is 0 Å². The topological polar surface area (TPSA) is 38.0 Å². The van der Waals surface area contributed by atoms with E-state index in [4.69, 9.17) is 5.84 Å². The molecule has 2 nitrogen and oxygen atoms in total. The van der Waals surface area contributed by atoms with Crippen LogP contribution in [0.3, 0.4) is 0 Å². The Hall–Kier alpha value is -0.580. The van der Waals surface area contributed by atoms with Crippen LogP contribution in [0.2, 0.25) is 0 Å². The van der Waals surface area contributed by atoms with E-state index in [0.717, 1.165) is 12.0 Å². The van der Waals surface area contributed by atoms with E-state index in [1.54, 1.807) is 6.07 Å². The number of hydrogen-bond donors (Lipinski definition) is 2. The summed E-state index contributed by atoms with van der Waals surface area (Å²) < 4.78 is 13.0. The summed E-state index contributed by atoms with van der Waals surface area (Å²) in [5.74, 6) is 8.52. The summed E-state index contributed by atoms with van der Waals surface area (Å²) in [6, 6.07) is 5.29. The van der Waals surface area contributed by atoms with Gasteiger partial charge in [-0.05, 0) is 60.4 Å². The highest BCUT2D eigenvalue weighted by atomic mass is 32.2. The van der Waals surface area contributed by atoms with E-state index in [2.05, 4.69) is 5.43 Å². The Kier molecular flexibility index (Phi) is 4.42. The van der Waals surface area contributed by atoms with E-state index in [1.807, 2.05) is 24.8 Å². The van der Waals surface area contributed by atoms with Crippen molar-refractivity contribution in [3.63, 3.8) is 0 Å². The van der Waals surface area contributed by atoms with Crippen molar-refractivity contribution in [2.24, 2.45) is 11.8 Å². The smallest absolute Gasteiger partial charge is 0.123 e. The molecular formula is C13H19FN2S. The molecule has 0 bridgehead atoms. The van der Waals surface area contributed by atoms with E-state index in [0.29, 0.717) is 12.0 Å². The van der Waals surface area contributed by atoms with Gasteiger partial charge in [-0.1, -0.05) is 6.07 Å². The molecule has 1 aromatic rings. The van der Waals surface area contributed by atoms with Gasteiger partial charge in [0.1, 0.15) is 5.82 Å². The fourth-order valence-electron chi connectivity index (χ4n) is 2.36. The van der Waals surface area contributed by atoms with E-state index >= 15 is 0 Å². The first-order valence-electron chi connectivity index (χ1n) is 5.99. The molecular weight excluding hydrogens is 235 g/mol. The normalized spacial score (nSPS) is 21.7. The van der Waals surface area contributed by atoms with Crippen LogP contribution in [0.25, 0.3) is 0 Å². The molecule has 0 aromatic heterocycles. The van der Waals surface area contributed by atoms with Crippen LogP contribution in [0.5, 0.6) is 0 Å². The Morgan fingerprint density at radius 1 is 1.59 bits per heavy atom. The zero-order chi connectivity index (χ0) is 12.3. The van der Waals surface area contributed by atoms with Gasteiger partial charge in [0.15, 0.2) is 0 Å². The zero-order valence-corrected chi connectivity index (χ0v) is 10.9. The lowest BCUT2D eigenvalue weighted by Gasteiger charge is -2.22. The Morgan fingerprint density at radius 3 is 3.00 bits per heavy atom. The second kappa shape index (κ2) is 5.85. The molecule has 1 saturated heterocycles. The number of halogens is 1. The highest BCUT2D eigenvalue weighted by molar-refractivity contribution is 7.99. The molecule has 1 heterocycles. The van der Waals surface area contributed by atoms with E-state index in [-0.39, 0.29) is 5.82 Å². The van der Waals surface area contributed by atoms with Crippen LogP contribution in [0.4, 0.5) is 4.39 Å². The van der Waals surface area contributed by atoms with Crippen molar-refractivity contribution in [2.45, 2.75) is 25.8 Å². The molecule has 0 radical (unpaired) electrons. The largest absolute Gasteiger partial charge is 0.271 e. The van der Waals surface area contributed by atoms with Crippen molar-refractivity contribution in [3.8, 4) is 0 Å². The van der Waals surface area contributed by atoms with Gasteiger partial charge >= 0.3 is 0 Å². The van der Waals surface area contributed by atoms with Crippen molar-refractivity contribution in [1.29, 1.82) is 0 Å². The van der Waals surface area contributed by atoms with Crippen molar-refractivity contribution in [2.75, 3.05) is 11.5 Å². The van der Waals surface area contributed by atoms with E-state index in [9.17, 15) is 4.39 Å². The number of nitrogens with two attached hydrogens (primary N) is 1. The van der Waals surface area contributed by atoms with Crippen LogP contribution in [0.15, 0.2) is 18.2 Å². The van der Waals surface area contributed by atoms with Crippen LogP contribution < -0.4 is 11.3 Å². The molecule has 1 aliphatic rings. The van der Waals surface area contributed by atoms with Gasteiger partial charge in [0.2, 0.25) is 0 Å². The monoisotopic (exact) mass is 254 g/mol. The van der Waals surface area contributed by atoms with Crippen molar-refractivity contribution >= 4 is 11.8 Å². The van der Waals surface area contributed by atoms with Gasteiger partial charge < -0.3 is 0 Å². The Labute approximate surface area is 106 Å². The highest BCUT2D eigenvalue weighted by Crippen LogP contribution is 2.28. The van der Waals surface area contributed by atoms with Gasteiger partial charge in [-0.3, -0.25) is 11.3 Å². The fourth-order valence-corrected chi connectivity index (χ4v) is 3.69. The Bertz CT molecular complexity index is 378. The standard InChI is InChI=1S/C13H19FN2S/c1-9-6-12(14)3-2-10(9)7-13(16-15)11-4-5-17-8-11/h2-3,6,11,13,16H,4-5,7-8,15H2,1H3. The minimum Gasteiger partial charge on any atom is -0.271 e. The number of rotatable bonds is 4. The third-order valence-electron chi connectivity index (χ3n) is 3.49. The summed E-state index contributed by atoms with van der Waals surface area (Å²) in [4.78, 5) is 0. The predicted molar refractivity (Wildman–Crippen MR) is 71.4 cm³/mol. The van der Waals surface area contributed by atoms with E-state index < -0.39 is 0 Å². The molecule has 17 heavy (non-hydrogen) atoms. The lowest BCUT2D eigenvalue weighted by Crippen LogP contribution is -2.42. The number of nitrogens with one attached hydrogen (secondary N) is 1. The molecule has 0 amide bonds. The third-order valence-corrected chi connectivity index (χ3v) is 4.68. The highest BCUT2D eigenvalue weighted by Gasteiger charge is 2.25. The first-order chi connectivity index (χ1) is 8.20. The van der Waals surface area contributed by atoms with Gasteiger partial charge in [-0.2, -0.15) is 11.8 Å². The minimum atomic E-state index is -0.167. The number of hydrazine groups is 1. The lowest BCUT2D eigenvalue weighted by molar-refractivity contribution is 0.385. The van der Waals surface area contributed by atoms with Gasteiger partial charge in [0.05, 0.1) is 0 Å². The van der Waals surface area contributed by atoms with Crippen molar-refractivity contribution in [1.82, 2.24) is 5.43 Å². The van der Waals surface area contributed by atoms with Crippen LogP contribution in [-0.2, 0) is 6.42 Å². The molecule has 0 saturated carbocycles. The predicted octanol–water partition coefficient (Wildman–Crippen LogP) is 2.26. The maximum absolute atomic E-state index is 13.0. The van der Waals surface area contributed by atoms with Gasteiger partial charge in [0.25, 0.3) is 0 Å². The SMILES string of the molecule is Cc1cc(F)ccc1CC(NN)C1CCSC1. The van der Waals surface area contributed by atoms with Crippen LogP contribution in [0, 0.1) is 18.7 Å². The molecule has 2 unspecified atom stereocenters. The molecule has 1 aromatic carbocycles. The fraction of sp³-hybridized carbons (Fsp3) is 0.538. The number of aryl methyl sites for hydroxylation is 1. The number of hydrogen-bond acceptors (Lipinski definition) is 3. The van der Waals surface area contributed by atoms with Crippen molar-refractivity contribution in [3.05, 3.63) is 35.1 Å². The van der Waals surface area contributed by atoms with Gasteiger partial charge in [-0.25, -0.2) is 4.39 Å². The molecule has 94 valence electrons. The molecule has 0 spiro atoms. The average molecular weight is 254 g/mol. The number of benzene rings is 1. The lowest BCUT2D eigenvalue weighted by atomic mass is 9.92. The molecule has 2 rings (SSSR count). The first-order valence-corrected chi connectivity index (χ1v) is 7.15. The average Bonchev–Trinajstić information content (AvgIpc) is 2.81. The van der Waals surface area contributed by atoms with Crippen molar-refractivity contribution < 1.29 is 4.39 Å². The summed E-state index contributed by atoms with van der Waals surface area (Å²) in [7, 11) is 0. The van der Waals surface area contributed by atoms with Gasteiger partial charge in [0, 0.05) is 6.04 Å². The molecule has 1 fully saturated rings. The zero-order valence-electron chi connectivity index (χ0n) is 10.1. The molecule has 4 heteroatoms. The maximum atomic E-state index is 13.0. The van der Waals surface area contributed by atoms with Crippen LogP contribution >= 0.6 is 11.8 Å². The minimum absolute atomic E-state index is 0.167. The summed E-state index contributed by atoms with van der Waals surface area (Å²) in [6.45, 7) is 1.95. The van der Waals surface area contributed by atoms with Crippen LogP contribution in [0.1, 0.15) is 17.5 Å². The molecule has 1 aliphatic heterocycles. The Morgan fingerprint density at radius 2 is 2.41 bits per heavy atom. The summed E-state index contributed by atoms with van der Waals surface area (Å²) in [5.41, 5.74) is 5.12. The maximum Gasteiger partial charge on any atom is 0.123 e. The summed E-state index contributed by atoms with van der Waals surface area (Å²) >= 11 is 1.99.